The van der Waals surface area contributed by atoms with E-state index in [4.69, 9.17) is 31.2 Å². The van der Waals surface area contributed by atoms with Gasteiger partial charge in [-0.15, -0.1) is 0 Å². The fraction of sp³-hybridized carbons (Fsp3) is 0.556. The summed E-state index contributed by atoms with van der Waals surface area (Å²) in [5.74, 6) is 2.61. The minimum Gasteiger partial charge on any atom is -0.490 e. The van der Waals surface area contributed by atoms with Gasteiger partial charge in [0.15, 0.2) is 22.1 Å². The van der Waals surface area contributed by atoms with Gasteiger partial charge in [-0.05, 0) is 51.5 Å². The van der Waals surface area contributed by atoms with Crippen LogP contribution in [0.3, 0.4) is 0 Å². The third-order valence-corrected chi connectivity index (χ3v) is 3.97. The molecule has 1 aromatic heterocycles. The smallest absolute Gasteiger partial charge is 0.203 e. The van der Waals surface area contributed by atoms with Crippen molar-refractivity contribution in [2.75, 3.05) is 33.5 Å². The molecule has 0 amide bonds. The van der Waals surface area contributed by atoms with Crippen molar-refractivity contribution in [2.24, 2.45) is 0 Å². The number of benzene rings is 1. The summed E-state index contributed by atoms with van der Waals surface area (Å²) in [5, 5.41) is 7.26. The van der Waals surface area contributed by atoms with E-state index in [1.807, 2.05) is 37.5 Å². The SMILES string of the molecule is CCOc1cc(-c2n[nH]c(=S)n2CCCOC)cc(OCC)c1OCC. The molecule has 0 aliphatic rings. The molecule has 7 nitrogen and oxygen atoms in total. The molecule has 1 aromatic carbocycles. The van der Waals surface area contributed by atoms with Crippen molar-refractivity contribution < 1.29 is 18.9 Å². The Labute approximate surface area is 159 Å². The van der Waals surface area contributed by atoms with Crippen molar-refractivity contribution in [1.82, 2.24) is 14.8 Å². The van der Waals surface area contributed by atoms with Crippen LogP contribution in [0, 0.1) is 4.77 Å². The van der Waals surface area contributed by atoms with Crippen molar-refractivity contribution in [3.63, 3.8) is 0 Å². The van der Waals surface area contributed by atoms with Crippen LogP contribution in [0.1, 0.15) is 27.2 Å². The van der Waals surface area contributed by atoms with Crippen molar-refractivity contribution >= 4 is 12.2 Å². The average Bonchev–Trinajstić information content (AvgIpc) is 2.99. The van der Waals surface area contributed by atoms with Crippen LogP contribution in [0.2, 0.25) is 0 Å². The van der Waals surface area contributed by atoms with Gasteiger partial charge in [-0.1, -0.05) is 0 Å². The molecule has 8 heteroatoms. The van der Waals surface area contributed by atoms with Gasteiger partial charge in [0.2, 0.25) is 5.75 Å². The number of nitrogens with one attached hydrogen (secondary N) is 1. The molecule has 0 fully saturated rings. The molecule has 0 saturated heterocycles. The summed E-state index contributed by atoms with van der Waals surface area (Å²) in [4.78, 5) is 0. The molecular weight excluding hydrogens is 354 g/mol. The third-order valence-electron chi connectivity index (χ3n) is 3.66. The monoisotopic (exact) mass is 381 g/mol. The Morgan fingerprint density at radius 1 is 1.04 bits per heavy atom. The first kappa shape index (κ1) is 20.3. The Bertz CT molecular complexity index is 730. The molecule has 0 unspecified atom stereocenters. The Hall–Kier alpha value is -2.06. The lowest BCUT2D eigenvalue weighted by Crippen LogP contribution is -2.06. The van der Waals surface area contributed by atoms with E-state index < -0.39 is 0 Å². The summed E-state index contributed by atoms with van der Waals surface area (Å²) in [6, 6.07) is 3.82. The number of nitrogens with zero attached hydrogens (tertiary/aromatic N) is 2. The van der Waals surface area contributed by atoms with E-state index in [1.165, 1.54) is 0 Å². The number of H-pyrrole nitrogens is 1. The molecule has 1 N–H and O–H groups in total. The predicted octanol–water partition coefficient (Wildman–Crippen LogP) is 3.84. The Kier molecular flexibility index (Phi) is 7.93. The van der Waals surface area contributed by atoms with Crippen molar-refractivity contribution in [1.29, 1.82) is 0 Å². The molecule has 2 aromatic rings. The summed E-state index contributed by atoms with van der Waals surface area (Å²) in [5.41, 5.74) is 0.852. The molecule has 1 heterocycles. The van der Waals surface area contributed by atoms with Crippen LogP contribution in [0.4, 0.5) is 0 Å². The van der Waals surface area contributed by atoms with Gasteiger partial charge in [0.1, 0.15) is 0 Å². The topological polar surface area (TPSA) is 70.5 Å². The third kappa shape index (κ3) is 4.76. The number of rotatable bonds is 11. The second-order valence-corrected chi connectivity index (χ2v) is 5.84. The lowest BCUT2D eigenvalue weighted by Gasteiger charge is -2.17. The number of aromatic amines is 1. The quantitative estimate of drug-likeness (QED) is 0.471. The predicted molar refractivity (Wildman–Crippen MR) is 103 cm³/mol. The van der Waals surface area contributed by atoms with Crippen LogP contribution in [0.25, 0.3) is 11.4 Å². The molecule has 144 valence electrons. The van der Waals surface area contributed by atoms with Crippen molar-refractivity contribution in [3.8, 4) is 28.6 Å². The standard InChI is InChI=1S/C18H27N3O4S/c1-5-23-14-11-13(12-15(24-6-2)16(14)25-7-3)17-19-20-18(26)21(17)9-8-10-22-4/h11-12H,5-10H2,1-4H3,(H,20,26). The van der Waals surface area contributed by atoms with Gasteiger partial charge >= 0.3 is 0 Å². The largest absolute Gasteiger partial charge is 0.490 e. The maximum absolute atomic E-state index is 5.79. The van der Waals surface area contributed by atoms with Gasteiger partial charge in [0.25, 0.3) is 0 Å². The fourth-order valence-electron chi connectivity index (χ4n) is 2.63. The van der Waals surface area contributed by atoms with E-state index >= 15 is 0 Å². The van der Waals surface area contributed by atoms with Crippen molar-refractivity contribution in [3.05, 3.63) is 16.9 Å². The van der Waals surface area contributed by atoms with Crippen LogP contribution >= 0.6 is 12.2 Å². The second kappa shape index (κ2) is 10.2. The van der Waals surface area contributed by atoms with E-state index in [0.717, 1.165) is 17.8 Å². The zero-order chi connectivity index (χ0) is 18.9. The molecule has 0 saturated carbocycles. The first-order valence-corrected chi connectivity index (χ1v) is 9.27. The van der Waals surface area contributed by atoms with E-state index in [1.54, 1.807) is 7.11 Å². The summed E-state index contributed by atoms with van der Waals surface area (Å²) in [7, 11) is 1.69. The first-order chi connectivity index (χ1) is 12.7. The zero-order valence-corrected chi connectivity index (χ0v) is 16.6. The Morgan fingerprint density at radius 2 is 1.65 bits per heavy atom. The number of hydrogen-bond donors (Lipinski definition) is 1. The number of ether oxygens (including phenoxy) is 4. The van der Waals surface area contributed by atoms with Crippen LogP contribution in [0.5, 0.6) is 17.2 Å². The molecule has 0 spiro atoms. The summed E-state index contributed by atoms with van der Waals surface area (Å²) >= 11 is 5.37. The highest BCUT2D eigenvalue weighted by molar-refractivity contribution is 7.71. The number of aromatic nitrogens is 3. The minimum absolute atomic E-state index is 0.523. The van der Waals surface area contributed by atoms with Crippen LogP contribution in [0.15, 0.2) is 12.1 Å². The van der Waals surface area contributed by atoms with E-state index in [0.29, 0.717) is 55.0 Å². The van der Waals surface area contributed by atoms with Gasteiger partial charge < -0.3 is 23.5 Å². The van der Waals surface area contributed by atoms with E-state index in [-0.39, 0.29) is 0 Å². The maximum Gasteiger partial charge on any atom is 0.203 e. The van der Waals surface area contributed by atoms with Gasteiger partial charge in [-0.2, -0.15) is 5.10 Å². The average molecular weight is 381 g/mol. The van der Waals surface area contributed by atoms with E-state index in [2.05, 4.69) is 10.2 Å². The maximum atomic E-state index is 5.79. The van der Waals surface area contributed by atoms with Gasteiger partial charge in [-0.3, -0.25) is 5.10 Å². The normalized spacial score (nSPS) is 10.8. The Balaban J connectivity index is 2.50. The number of hydrogen-bond acceptors (Lipinski definition) is 6. The second-order valence-electron chi connectivity index (χ2n) is 5.45. The van der Waals surface area contributed by atoms with Crippen LogP contribution < -0.4 is 14.2 Å². The molecular formula is C18H27N3O4S. The highest BCUT2D eigenvalue weighted by atomic mass is 32.1. The molecule has 0 atom stereocenters. The fourth-order valence-corrected chi connectivity index (χ4v) is 2.85. The summed E-state index contributed by atoms with van der Waals surface area (Å²) in [6.07, 6.45) is 0.838. The highest BCUT2D eigenvalue weighted by Crippen LogP contribution is 2.41. The molecule has 0 bridgehead atoms. The summed E-state index contributed by atoms with van der Waals surface area (Å²) < 4.78 is 25.0. The lowest BCUT2D eigenvalue weighted by atomic mass is 10.1. The lowest BCUT2D eigenvalue weighted by molar-refractivity contribution is 0.190. The number of methoxy groups -OCH3 is 1. The zero-order valence-electron chi connectivity index (χ0n) is 15.8. The van der Waals surface area contributed by atoms with Gasteiger partial charge in [-0.25, -0.2) is 0 Å². The van der Waals surface area contributed by atoms with Crippen molar-refractivity contribution in [2.45, 2.75) is 33.7 Å². The molecule has 0 radical (unpaired) electrons. The molecule has 2 rings (SSSR count). The minimum atomic E-state index is 0.523. The van der Waals surface area contributed by atoms with E-state index in [9.17, 15) is 0 Å². The van der Waals surface area contributed by atoms with Gasteiger partial charge in [0.05, 0.1) is 19.8 Å². The molecule has 0 aliphatic heterocycles. The van der Waals surface area contributed by atoms with Crippen LogP contribution in [-0.4, -0.2) is 48.3 Å². The Morgan fingerprint density at radius 3 is 2.19 bits per heavy atom. The first-order valence-electron chi connectivity index (χ1n) is 8.87. The molecule has 0 aliphatic carbocycles. The van der Waals surface area contributed by atoms with Crippen LogP contribution in [-0.2, 0) is 11.3 Å². The molecule has 26 heavy (non-hydrogen) atoms. The van der Waals surface area contributed by atoms with Gasteiger partial charge in [0, 0.05) is 25.8 Å². The highest BCUT2D eigenvalue weighted by Gasteiger charge is 2.18. The summed E-state index contributed by atoms with van der Waals surface area (Å²) in [6.45, 7) is 8.73.